The van der Waals surface area contributed by atoms with Gasteiger partial charge in [-0.15, -0.1) is 0 Å². The van der Waals surface area contributed by atoms with Crippen LogP contribution in [-0.2, 0) is 14.8 Å². The van der Waals surface area contributed by atoms with E-state index in [4.69, 9.17) is 23.2 Å². The first kappa shape index (κ1) is 20.5. The van der Waals surface area contributed by atoms with E-state index in [2.05, 4.69) is 12.2 Å². The molecule has 0 radical (unpaired) electrons. The van der Waals surface area contributed by atoms with Crippen molar-refractivity contribution >= 4 is 39.1 Å². The van der Waals surface area contributed by atoms with Crippen molar-refractivity contribution in [2.24, 2.45) is 0 Å². The third-order valence-corrected chi connectivity index (χ3v) is 6.92. The quantitative estimate of drug-likeness (QED) is 0.703. The molecule has 1 fully saturated rings. The first-order chi connectivity index (χ1) is 11.9. The number of carbonyl (C=O) groups is 1. The Morgan fingerprint density at radius 2 is 1.76 bits per heavy atom. The van der Waals surface area contributed by atoms with E-state index in [-0.39, 0.29) is 27.4 Å². The number of carbonyl (C=O) groups excluding carboxylic acids is 1. The number of hydrogen-bond donors (Lipinski definition) is 1. The van der Waals surface area contributed by atoms with E-state index >= 15 is 0 Å². The lowest BCUT2D eigenvalue weighted by Crippen LogP contribution is -2.51. The third kappa shape index (κ3) is 5.31. The van der Waals surface area contributed by atoms with Crippen molar-refractivity contribution in [3.8, 4) is 0 Å². The number of piperazine rings is 1. The minimum absolute atomic E-state index is 0.0288. The van der Waals surface area contributed by atoms with Crippen LogP contribution in [0.1, 0.15) is 19.8 Å². The Bertz CT molecular complexity index is 684. The lowest BCUT2D eigenvalue weighted by atomic mass is 10.3. The fraction of sp³-hybridized carbons (Fsp3) is 0.562. The van der Waals surface area contributed by atoms with Crippen molar-refractivity contribution in [3.05, 3.63) is 28.2 Å². The van der Waals surface area contributed by atoms with Gasteiger partial charge in [0.25, 0.3) is 0 Å². The first-order valence-corrected chi connectivity index (χ1v) is 10.5. The molecule has 25 heavy (non-hydrogen) atoms. The van der Waals surface area contributed by atoms with Crippen LogP contribution in [0.4, 0.5) is 0 Å². The largest absolute Gasteiger partial charge is 0.355 e. The van der Waals surface area contributed by atoms with Gasteiger partial charge in [-0.2, -0.15) is 4.31 Å². The highest BCUT2D eigenvalue weighted by atomic mass is 35.5. The Balaban J connectivity index is 1.94. The Morgan fingerprint density at radius 1 is 1.16 bits per heavy atom. The number of rotatable bonds is 7. The standard InChI is InChI=1S/C16H23Cl2N3O3S/c1-2-3-7-19-15(22)12-20-8-10-21(11-9-20)25(23,24)16-13(17)5-4-6-14(16)18/h4-6H,2-3,7-12H2,1H3,(H,19,22). The molecule has 1 aromatic rings. The van der Waals surface area contributed by atoms with Crippen molar-refractivity contribution in [3.63, 3.8) is 0 Å². The normalized spacial score (nSPS) is 16.8. The number of amides is 1. The minimum Gasteiger partial charge on any atom is -0.355 e. The van der Waals surface area contributed by atoms with Gasteiger partial charge in [0.1, 0.15) is 4.90 Å². The van der Waals surface area contributed by atoms with Crippen LogP contribution in [0.5, 0.6) is 0 Å². The van der Waals surface area contributed by atoms with Crippen LogP contribution in [0.3, 0.4) is 0 Å². The van der Waals surface area contributed by atoms with Crippen LogP contribution in [-0.4, -0.2) is 62.8 Å². The number of halogens is 2. The van der Waals surface area contributed by atoms with Gasteiger partial charge in [0, 0.05) is 32.7 Å². The summed E-state index contributed by atoms with van der Waals surface area (Å²) < 4.78 is 26.9. The van der Waals surface area contributed by atoms with Crippen LogP contribution >= 0.6 is 23.2 Å². The van der Waals surface area contributed by atoms with Gasteiger partial charge in [0.05, 0.1) is 16.6 Å². The zero-order chi connectivity index (χ0) is 18.4. The molecule has 1 aliphatic heterocycles. The monoisotopic (exact) mass is 407 g/mol. The topological polar surface area (TPSA) is 69.7 Å². The van der Waals surface area contributed by atoms with Gasteiger partial charge in [-0.1, -0.05) is 42.6 Å². The molecule has 6 nitrogen and oxygen atoms in total. The molecule has 0 spiro atoms. The number of nitrogens with one attached hydrogen (secondary N) is 1. The average Bonchev–Trinajstić information content (AvgIpc) is 2.55. The summed E-state index contributed by atoms with van der Waals surface area (Å²) >= 11 is 12.1. The van der Waals surface area contributed by atoms with Crippen LogP contribution < -0.4 is 5.32 Å². The molecule has 0 aliphatic carbocycles. The molecule has 1 aromatic carbocycles. The molecule has 0 unspecified atom stereocenters. The summed E-state index contributed by atoms with van der Waals surface area (Å²) in [6.07, 6.45) is 1.98. The molecule has 1 heterocycles. The van der Waals surface area contributed by atoms with Crippen molar-refractivity contribution in [2.45, 2.75) is 24.7 Å². The highest BCUT2D eigenvalue weighted by Crippen LogP contribution is 2.31. The second kappa shape index (κ2) is 9.19. The molecule has 0 saturated carbocycles. The number of hydrogen-bond acceptors (Lipinski definition) is 4. The van der Waals surface area contributed by atoms with Crippen LogP contribution in [0.15, 0.2) is 23.1 Å². The maximum atomic E-state index is 12.8. The van der Waals surface area contributed by atoms with E-state index in [1.165, 1.54) is 16.4 Å². The maximum Gasteiger partial charge on any atom is 0.246 e. The van der Waals surface area contributed by atoms with E-state index in [0.717, 1.165) is 12.8 Å². The fourth-order valence-electron chi connectivity index (χ4n) is 2.65. The average molecular weight is 408 g/mol. The minimum atomic E-state index is -3.75. The van der Waals surface area contributed by atoms with Crippen LogP contribution in [0.25, 0.3) is 0 Å². The number of benzene rings is 1. The maximum absolute atomic E-state index is 12.8. The summed E-state index contributed by atoms with van der Waals surface area (Å²) in [6.45, 7) is 4.60. The number of nitrogens with zero attached hydrogens (tertiary/aromatic N) is 2. The van der Waals surface area contributed by atoms with E-state index < -0.39 is 10.0 Å². The molecular formula is C16H23Cl2N3O3S. The van der Waals surface area contributed by atoms with E-state index in [1.54, 1.807) is 6.07 Å². The SMILES string of the molecule is CCCCNC(=O)CN1CCN(S(=O)(=O)c2c(Cl)cccc2Cl)CC1. The molecule has 0 aromatic heterocycles. The molecule has 140 valence electrons. The van der Waals surface area contributed by atoms with Crippen molar-refractivity contribution in [1.29, 1.82) is 0 Å². The van der Waals surface area contributed by atoms with Gasteiger partial charge in [0.2, 0.25) is 15.9 Å². The van der Waals surface area contributed by atoms with Gasteiger partial charge >= 0.3 is 0 Å². The summed E-state index contributed by atoms with van der Waals surface area (Å²) in [7, 11) is -3.75. The lowest BCUT2D eigenvalue weighted by Gasteiger charge is -2.33. The Kier molecular flexibility index (Phi) is 7.51. The molecule has 0 atom stereocenters. The smallest absolute Gasteiger partial charge is 0.246 e. The molecule has 2 rings (SSSR count). The highest BCUT2D eigenvalue weighted by molar-refractivity contribution is 7.89. The zero-order valence-electron chi connectivity index (χ0n) is 14.2. The van der Waals surface area contributed by atoms with Gasteiger partial charge in [-0.3, -0.25) is 9.69 Å². The molecule has 1 saturated heterocycles. The summed E-state index contributed by atoms with van der Waals surface area (Å²) in [5.74, 6) is -0.0288. The molecule has 1 amide bonds. The predicted octanol–water partition coefficient (Wildman–Crippen LogP) is 2.22. The Labute approximate surface area is 159 Å². The van der Waals surface area contributed by atoms with Crippen LogP contribution in [0, 0.1) is 0 Å². The second-order valence-corrected chi connectivity index (χ2v) is 8.62. The Hall–Kier alpha value is -0.860. The lowest BCUT2D eigenvalue weighted by molar-refractivity contribution is -0.122. The second-order valence-electron chi connectivity index (χ2n) is 5.93. The summed E-state index contributed by atoms with van der Waals surface area (Å²) in [6, 6.07) is 4.63. The zero-order valence-corrected chi connectivity index (χ0v) is 16.5. The third-order valence-electron chi connectivity index (χ3n) is 4.07. The van der Waals surface area contributed by atoms with Crippen molar-refractivity contribution in [1.82, 2.24) is 14.5 Å². The van der Waals surface area contributed by atoms with Crippen molar-refractivity contribution < 1.29 is 13.2 Å². The molecular weight excluding hydrogens is 385 g/mol. The van der Waals surface area contributed by atoms with E-state index in [1.807, 2.05) is 4.90 Å². The van der Waals surface area contributed by atoms with Crippen molar-refractivity contribution in [2.75, 3.05) is 39.3 Å². The molecule has 9 heteroatoms. The molecule has 1 N–H and O–H groups in total. The fourth-order valence-corrected chi connectivity index (χ4v) is 5.16. The van der Waals surface area contributed by atoms with Gasteiger partial charge < -0.3 is 5.32 Å². The van der Waals surface area contributed by atoms with E-state index in [0.29, 0.717) is 32.7 Å². The van der Waals surface area contributed by atoms with E-state index in [9.17, 15) is 13.2 Å². The summed E-state index contributed by atoms with van der Waals surface area (Å²) in [5, 5.41) is 3.10. The Morgan fingerprint density at radius 3 is 2.32 bits per heavy atom. The highest BCUT2D eigenvalue weighted by Gasteiger charge is 2.32. The number of sulfonamides is 1. The summed E-state index contributed by atoms with van der Waals surface area (Å²) in [5.41, 5.74) is 0. The summed E-state index contributed by atoms with van der Waals surface area (Å²) in [4.78, 5) is 13.7. The number of unbranched alkanes of at least 4 members (excludes halogenated alkanes) is 1. The first-order valence-electron chi connectivity index (χ1n) is 8.29. The van der Waals surface area contributed by atoms with Crippen LogP contribution in [0.2, 0.25) is 10.0 Å². The van der Waals surface area contributed by atoms with Gasteiger partial charge in [-0.05, 0) is 18.6 Å². The molecule has 0 bridgehead atoms. The van der Waals surface area contributed by atoms with Gasteiger partial charge in [0.15, 0.2) is 0 Å². The predicted molar refractivity (Wildman–Crippen MR) is 99.6 cm³/mol. The molecule has 1 aliphatic rings. The van der Waals surface area contributed by atoms with Gasteiger partial charge in [-0.25, -0.2) is 8.42 Å².